The van der Waals surface area contributed by atoms with E-state index >= 15 is 0 Å². The maximum atomic E-state index is 12.5. The van der Waals surface area contributed by atoms with Gasteiger partial charge < -0.3 is 10.1 Å². The van der Waals surface area contributed by atoms with Gasteiger partial charge in [-0.3, -0.25) is 0 Å². The maximum absolute atomic E-state index is 12.5. The molecule has 0 fully saturated rings. The van der Waals surface area contributed by atoms with Crippen molar-refractivity contribution < 1.29 is 17.9 Å². The standard InChI is InChI=1S/C12H16F3NO/c1-3-16-8-9-7-10(12(13,14)15)5-6-11(9)17-4-2/h5-7,16H,3-4,8H2,1-2H3. The third-order valence-electron chi connectivity index (χ3n) is 2.25. The Balaban J connectivity index is 3.01. The summed E-state index contributed by atoms with van der Waals surface area (Å²) in [5.41, 5.74) is -0.114. The number of ether oxygens (including phenoxy) is 1. The highest BCUT2D eigenvalue weighted by Gasteiger charge is 2.31. The summed E-state index contributed by atoms with van der Waals surface area (Å²) in [6.45, 7) is 5.20. The predicted molar refractivity (Wildman–Crippen MR) is 60.0 cm³/mol. The summed E-state index contributed by atoms with van der Waals surface area (Å²) in [5, 5.41) is 2.99. The van der Waals surface area contributed by atoms with Crippen LogP contribution < -0.4 is 10.1 Å². The summed E-state index contributed by atoms with van der Waals surface area (Å²) in [6.07, 6.45) is -4.31. The van der Waals surface area contributed by atoms with E-state index in [1.165, 1.54) is 6.07 Å². The first-order valence-corrected chi connectivity index (χ1v) is 5.52. The lowest BCUT2D eigenvalue weighted by atomic mass is 10.1. The van der Waals surface area contributed by atoms with Gasteiger partial charge in [0.05, 0.1) is 12.2 Å². The SMILES string of the molecule is CCNCc1cc(C(F)(F)F)ccc1OCC. The molecule has 0 bridgehead atoms. The molecule has 0 amide bonds. The van der Waals surface area contributed by atoms with Gasteiger partial charge >= 0.3 is 6.18 Å². The van der Waals surface area contributed by atoms with Crippen molar-refractivity contribution in [1.29, 1.82) is 0 Å². The lowest BCUT2D eigenvalue weighted by Gasteiger charge is -2.14. The summed E-state index contributed by atoms with van der Waals surface area (Å²) in [4.78, 5) is 0. The van der Waals surface area contributed by atoms with E-state index in [0.717, 1.165) is 12.1 Å². The molecular formula is C12H16F3NO. The second-order valence-electron chi connectivity index (χ2n) is 3.53. The first kappa shape index (κ1) is 13.8. The van der Waals surface area contributed by atoms with E-state index in [-0.39, 0.29) is 0 Å². The molecule has 5 heteroatoms. The molecule has 0 atom stereocenters. The molecule has 0 aliphatic rings. The number of nitrogens with one attached hydrogen (secondary N) is 1. The summed E-state index contributed by atoms with van der Waals surface area (Å²) in [6, 6.07) is 3.55. The van der Waals surface area contributed by atoms with Crippen molar-refractivity contribution in [1.82, 2.24) is 5.32 Å². The minimum Gasteiger partial charge on any atom is -0.494 e. The number of hydrogen-bond acceptors (Lipinski definition) is 2. The molecule has 0 heterocycles. The van der Waals surface area contributed by atoms with Gasteiger partial charge in [-0.15, -0.1) is 0 Å². The normalized spacial score (nSPS) is 11.6. The van der Waals surface area contributed by atoms with Crippen molar-refractivity contribution in [3.05, 3.63) is 29.3 Å². The Morgan fingerprint density at radius 2 is 1.94 bits per heavy atom. The van der Waals surface area contributed by atoms with E-state index in [1.54, 1.807) is 6.92 Å². The number of hydrogen-bond donors (Lipinski definition) is 1. The first-order chi connectivity index (χ1) is 7.99. The van der Waals surface area contributed by atoms with Crippen LogP contribution in [0, 0.1) is 0 Å². The largest absolute Gasteiger partial charge is 0.494 e. The molecule has 1 aromatic rings. The van der Waals surface area contributed by atoms with E-state index in [0.29, 0.717) is 31.0 Å². The fourth-order valence-electron chi connectivity index (χ4n) is 1.45. The number of alkyl halides is 3. The second kappa shape index (κ2) is 5.91. The lowest BCUT2D eigenvalue weighted by molar-refractivity contribution is -0.137. The van der Waals surface area contributed by atoms with Gasteiger partial charge in [-0.05, 0) is 31.7 Å². The molecule has 1 N–H and O–H groups in total. The van der Waals surface area contributed by atoms with Crippen LogP contribution in [0.5, 0.6) is 5.75 Å². The third kappa shape index (κ3) is 3.93. The van der Waals surface area contributed by atoms with Gasteiger partial charge in [-0.2, -0.15) is 13.2 Å². The van der Waals surface area contributed by atoms with Crippen molar-refractivity contribution >= 4 is 0 Å². The average Bonchev–Trinajstić information content (AvgIpc) is 2.26. The van der Waals surface area contributed by atoms with Gasteiger partial charge in [0.1, 0.15) is 5.75 Å². The zero-order chi connectivity index (χ0) is 12.9. The molecule has 1 aromatic carbocycles. The number of rotatable bonds is 5. The Labute approximate surface area is 98.8 Å². The number of benzene rings is 1. The van der Waals surface area contributed by atoms with Crippen LogP contribution in [0.25, 0.3) is 0 Å². The highest BCUT2D eigenvalue weighted by atomic mass is 19.4. The van der Waals surface area contributed by atoms with E-state index in [2.05, 4.69) is 5.32 Å². The van der Waals surface area contributed by atoms with Crippen LogP contribution in [0.2, 0.25) is 0 Å². The molecule has 0 aliphatic carbocycles. The van der Waals surface area contributed by atoms with Crippen molar-refractivity contribution in [2.24, 2.45) is 0 Å². The zero-order valence-corrected chi connectivity index (χ0v) is 9.90. The summed E-state index contributed by atoms with van der Waals surface area (Å²) in [5.74, 6) is 0.501. The molecule has 0 unspecified atom stereocenters. The molecule has 0 spiro atoms. The molecule has 0 aliphatic heterocycles. The van der Waals surface area contributed by atoms with Crippen LogP contribution in [0.3, 0.4) is 0 Å². The third-order valence-corrected chi connectivity index (χ3v) is 2.25. The van der Waals surface area contributed by atoms with Crippen LogP contribution in [0.15, 0.2) is 18.2 Å². The van der Waals surface area contributed by atoms with Crippen molar-refractivity contribution in [2.75, 3.05) is 13.2 Å². The predicted octanol–water partition coefficient (Wildman–Crippen LogP) is 3.21. The molecule has 96 valence electrons. The highest BCUT2D eigenvalue weighted by Crippen LogP contribution is 2.32. The molecule has 0 saturated carbocycles. The van der Waals surface area contributed by atoms with Crippen LogP contribution in [-0.4, -0.2) is 13.2 Å². The smallest absolute Gasteiger partial charge is 0.416 e. The summed E-state index contributed by atoms with van der Waals surface area (Å²) in [7, 11) is 0. The monoisotopic (exact) mass is 247 g/mol. The van der Waals surface area contributed by atoms with E-state index < -0.39 is 11.7 Å². The van der Waals surface area contributed by atoms with Gasteiger partial charge in [0.15, 0.2) is 0 Å². The van der Waals surface area contributed by atoms with Gasteiger partial charge in [-0.1, -0.05) is 6.92 Å². The van der Waals surface area contributed by atoms with Crippen molar-refractivity contribution in [3.63, 3.8) is 0 Å². The minimum absolute atomic E-state index is 0.371. The zero-order valence-electron chi connectivity index (χ0n) is 9.90. The van der Waals surface area contributed by atoms with Crippen molar-refractivity contribution in [3.8, 4) is 5.75 Å². The fraction of sp³-hybridized carbons (Fsp3) is 0.500. The molecule has 1 rings (SSSR count). The average molecular weight is 247 g/mol. The molecule has 0 aromatic heterocycles. The van der Waals surface area contributed by atoms with Crippen LogP contribution in [0.4, 0.5) is 13.2 Å². The van der Waals surface area contributed by atoms with Gasteiger partial charge in [0.25, 0.3) is 0 Å². The topological polar surface area (TPSA) is 21.3 Å². The highest BCUT2D eigenvalue weighted by molar-refractivity contribution is 5.38. The second-order valence-corrected chi connectivity index (χ2v) is 3.53. The number of halogens is 3. The summed E-state index contributed by atoms with van der Waals surface area (Å²) >= 11 is 0. The molecule has 2 nitrogen and oxygen atoms in total. The van der Waals surface area contributed by atoms with E-state index in [9.17, 15) is 13.2 Å². The molecule has 0 saturated heterocycles. The molecule has 0 radical (unpaired) electrons. The van der Waals surface area contributed by atoms with Gasteiger partial charge in [0.2, 0.25) is 0 Å². The first-order valence-electron chi connectivity index (χ1n) is 5.52. The van der Waals surface area contributed by atoms with E-state index in [4.69, 9.17) is 4.74 Å². The van der Waals surface area contributed by atoms with E-state index in [1.807, 2.05) is 6.92 Å². The molecule has 17 heavy (non-hydrogen) atoms. The fourth-order valence-corrected chi connectivity index (χ4v) is 1.45. The van der Waals surface area contributed by atoms with Crippen LogP contribution in [-0.2, 0) is 12.7 Å². The quantitative estimate of drug-likeness (QED) is 0.862. The van der Waals surface area contributed by atoms with Gasteiger partial charge in [-0.25, -0.2) is 0 Å². The Bertz CT molecular complexity index is 363. The summed E-state index contributed by atoms with van der Waals surface area (Å²) < 4.78 is 42.9. The Kier molecular flexibility index (Phi) is 4.81. The maximum Gasteiger partial charge on any atom is 0.416 e. The van der Waals surface area contributed by atoms with Crippen LogP contribution >= 0.6 is 0 Å². The Hall–Kier alpha value is -1.23. The Morgan fingerprint density at radius 3 is 2.47 bits per heavy atom. The molecular weight excluding hydrogens is 231 g/mol. The van der Waals surface area contributed by atoms with Gasteiger partial charge in [0, 0.05) is 12.1 Å². The minimum atomic E-state index is -4.31. The lowest BCUT2D eigenvalue weighted by Crippen LogP contribution is -2.14. The Morgan fingerprint density at radius 1 is 1.24 bits per heavy atom. The van der Waals surface area contributed by atoms with Crippen molar-refractivity contribution in [2.45, 2.75) is 26.6 Å². The van der Waals surface area contributed by atoms with Crippen LogP contribution in [0.1, 0.15) is 25.0 Å².